The van der Waals surface area contributed by atoms with Gasteiger partial charge in [0.2, 0.25) is 0 Å². The normalized spacial score (nSPS) is 10.8. The smallest absolute Gasteiger partial charge is 0.128 e. The van der Waals surface area contributed by atoms with Crippen molar-refractivity contribution >= 4 is 15.9 Å². The maximum Gasteiger partial charge on any atom is 0.128 e. The Kier molecular flexibility index (Phi) is 4.32. The molecule has 1 aromatic heterocycles. The first-order valence-corrected chi connectivity index (χ1v) is 5.16. The minimum Gasteiger partial charge on any atom is -0.311 e. The first-order valence-electron chi connectivity index (χ1n) is 4.37. The van der Waals surface area contributed by atoms with E-state index in [2.05, 4.69) is 45.3 Å². The highest BCUT2D eigenvalue weighted by atomic mass is 79.9. The monoisotopic (exact) mass is 243 g/mol. The van der Waals surface area contributed by atoms with Crippen molar-refractivity contribution in [3.05, 3.63) is 22.4 Å². The van der Waals surface area contributed by atoms with Crippen molar-refractivity contribution in [3.63, 3.8) is 0 Å². The summed E-state index contributed by atoms with van der Waals surface area (Å²) >= 11 is 3.24. The highest BCUT2D eigenvalue weighted by Crippen LogP contribution is 2.03. The second kappa shape index (κ2) is 5.29. The van der Waals surface area contributed by atoms with Gasteiger partial charge in [0, 0.05) is 6.54 Å². The fourth-order valence-electron chi connectivity index (χ4n) is 0.927. The van der Waals surface area contributed by atoms with Crippen LogP contribution in [-0.4, -0.2) is 16.7 Å². The van der Waals surface area contributed by atoms with E-state index in [1.807, 2.05) is 12.1 Å². The zero-order chi connectivity index (χ0) is 9.68. The maximum atomic E-state index is 4.02. The van der Waals surface area contributed by atoms with Gasteiger partial charge in [0.15, 0.2) is 0 Å². The second-order valence-corrected chi connectivity index (χ2v) is 4.18. The van der Waals surface area contributed by atoms with Crippen LogP contribution in [0.25, 0.3) is 0 Å². The van der Waals surface area contributed by atoms with E-state index in [0.717, 1.165) is 23.4 Å². The largest absolute Gasteiger partial charge is 0.311 e. The average Bonchev–Trinajstić information content (AvgIpc) is 2.08. The van der Waals surface area contributed by atoms with Crippen LogP contribution in [0.3, 0.4) is 0 Å². The van der Waals surface area contributed by atoms with Gasteiger partial charge in [-0.2, -0.15) is 5.10 Å². The van der Waals surface area contributed by atoms with Crippen LogP contribution in [0.2, 0.25) is 0 Å². The molecule has 0 fully saturated rings. The van der Waals surface area contributed by atoms with Crippen LogP contribution in [-0.2, 0) is 6.54 Å². The van der Waals surface area contributed by atoms with Crippen LogP contribution < -0.4 is 5.32 Å². The van der Waals surface area contributed by atoms with Crippen LogP contribution in [0.5, 0.6) is 0 Å². The molecule has 1 N–H and O–H groups in total. The minimum absolute atomic E-state index is 0.670. The van der Waals surface area contributed by atoms with Gasteiger partial charge in [-0.1, -0.05) is 13.8 Å². The molecule has 72 valence electrons. The summed E-state index contributed by atoms with van der Waals surface area (Å²) in [6, 6.07) is 3.86. The van der Waals surface area contributed by atoms with Crippen molar-refractivity contribution in [2.24, 2.45) is 5.92 Å². The van der Waals surface area contributed by atoms with E-state index in [1.165, 1.54) is 0 Å². The summed E-state index contributed by atoms with van der Waals surface area (Å²) in [4.78, 5) is 0. The maximum absolute atomic E-state index is 4.02. The molecule has 0 unspecified atom stereocenters. The van der Waals surface area contributed by atoms with Gasteiger partial charge < -0.3 is 5.32 Å². The third-order valence-corrected chi connectivity index (χ3v) is 1.97. The van der Waals surface area contributed by atoms with Crippen LogP contribution in [0, 0.1) is 5.92 Å². The Morgan fingerprint density at radius 3 is 2.69 bits per heavy atom. The molecule has 0 aliphatic heterocycles. The molecule has 0 saturated heterocycles. The van der Waals surface area contributed by atoms with Gasteiger partial charge in [-0.05, 0) is 40.5 Å². The number of halogens is 1. The Labute approximate surface area is 87.1 Å². The predicted molar refractivity (Wildman–Crippen MR) is 56.3 cm³/mol. The zero-order valence-corrected chi connectivity index (χ0v) is 9.50. The summed E-state index contributed by atoms with van der Waals surface area (Å²) in [6.45, 7) is 6.16. The van der Waals surface area contributed by atoms with Gasteiger partial charge in [0.05, 0.1) is 5.69 Å². The van der Waals surface area contributed by atoms with Crippen molar-refractivity contribution in [2.75, 3.05) is 6.54 Å². The summed E-state index contributed by atoms with van der Waals surface area (Å²) in [5, 5.41) is 11.2. The van der Waals surface area contributed by atoms with Gasteiger partial charge in [-0.3, -0.25) is 0 Å². The first kappa shape index (κ1) is 10.6. The minimum atomic E-state index is 0.670. The van der Waals surface area contributed by atoms with E-state index in [-0.39, 0.29) is 0 Å². The summed E-state index contributed by atoms with van der Waals surface area (Å²) in [5.41, 5.74) is 0.976. The molecule has 0 amide bonds. The number of hydrogen-bond acceptors (Lipinski definition) is 3. The molecule has 0 atom stereocenters. The molecule has 4 heteroatoms. The Bertz CT molecular complexity index is 246. The van der Waals surface area contributed by atoms with Gasteiger partial charge in [0.1, 0.15) is 4.60 Å². The molecule has 0 aliphatic rings. The highest BCUT2D eigenvalue weighted by Gasteiger charge is 1.96. The number of nitrogens with one attached hydrogen (secondary N) is 1. The Balaban J connectivity index is 2.33. The Hall–Kier alpha value is -0.480. The lowest BCUT2D eigenvalue weighted by molar-refractivity contribution is 0.546. The summed E-state index contributed by atoms with van der Waals surface area (Å²) in [7, 11) is 0. The molecule has 0 radical (unpaired) electrons. The first-order chi connectivity index (χ1) is 6.18. The Morgan fingerprint density at radius 1 is 1.38 bits per heavy atom. The standard InChI is InChI=1S/C9H14BrN3/c1-7(2)5-11-6-8-3-4-9(10)13-12-8/h3-4,7,11H,5-6H2,1-2H3. The highest BCUT2D eigenvalue weighted by molar-refractivity contribution is 9.10. The van der Waals surface area contributed by atoms with Crippen LogP contribution in [0.1, 0.15) is 19.5 Å². The summed E-state index contributed by atoms with van der Waals surface area (Å²) < 4.78 is 0.778. The number of nitrogens with zero attached hydrogens (tertiary/aromatic N) is 2. The van der Waals surface area contributed by atoms with E-state index < -0.39 is 0 Å². The predicted octanol–water partition coefficient (Wildman–Crippen LogP) is 1.98. The topological polar surface area (TPSA) is 37.8 Å². The fourth-order valence-corrected chi connectivity index (χ4v) is 1.14. The third kappa shape index (κ3) is 4.33. The van der Waals surface area contributed by atoms with Crippen molar-refractivity contribution in [1.29, 1.82) is 0 Å². The zero-order valence-electron chi connectivity index (χ0n) is 7.92. The number of rotatable bonds is 4. The fraction of sp³-hybridized carbons (Fsp3) is 0.556. The van der Waals surface area contributed by atoms with Gasteiger partial charge in [0.25, 0.3) is 0 Å². The molecule has 1 aromatic rings. The van der Waals surface area contributed by atoms with Gasteiger partial charge in [-0.25, -0.2) is 0 Å². The number of aromatic nitrogens is 2. The molecule has 3 nitrogen and oxygen atoms in total. The van der Waals surface area contributed by atoms with Crippen molar-refractivity contribution in [3.8, 4) is 0 Å². The van der Waals surface area contributed by atoms with Crippen molar-refractivity contribution in [2.45, 2.75) is 20.4 Å². The molecular formula is C9H14BrN3. The molecule has 0 spiro atoms. The van der Waals surface area contributed by atoms with Crippen molar-refractivity contribution < 1.29 is 0 Å². The van der Waals surface area contributed by atoms with E-state index in [4.69, 9.17) is 0 Å². The molecule has 0 aliphatic carbocycles. The van der Waals surface area contributed by atoms with E-state index in [1.54, 1.807) is 0 Å². The Morgan fingerprint density at radius 2 is 2.15 bits per heavy atom. The summed E-state index contributed by atoms with van der Waals surface area (Å²) in [6.07, 6.45) is 0. The lowest BCUT2D eigenvalue weighted by Crippen LogP contribution is -2.19. The molecule has 13 heavy (non-hydrogen) atoms. The lowest BCUT2D eigenvalue weighted by Gasteiger charge is -2.05. The molecule has 1 rings (SSSR count). The van der Waals surface area contributed by atoms with E-state index >= 15 is 0 Å². The average molecular weight is 244 g/mol. The molecular weight excluding hydrogens is 230 g/mol. The van der Waals surface area contributed by atoms with Crippen LogP contribution in [0.15, 0.2) is 16.7 Å². The van der Waals surface area contributed by atoms with Gasteiger partial charge in [-0.15, -0.1) is 5.10 Å². The second-order valence-electron chi connectivity index (χ2n) is 3.37. The van der Waals surface area contributed by atoms with Crippen molar-refractivity contribution in [1.82, 2.24) is 15.5 Å². The molecule has 0 aromatic carbocycles. The quantitative estimate of drug-likeness (QED) is 0.880. The molecule has 0 saturated carbocycles. The van der Waals surface area contributed by atoms with Crippen LogP contribution >= 0.6 is 15.9 Å². The third-order valence-electron chi connectivity index (χ3n) is 1.55. The lowest BCUT2D eigenvalue weighted by atomic mass is 10.2. The molecule has 0 bridgehead atoms. The summed E-state index contributed by atoms with van der Waals surface area (Å²) in [5.74, 6) is 0.670. The SMILES string of the molecule is CC(C)CNCc1ccc(Br)nn1. The van der Waals surface area contributed by atoms with Gasteiger partial charge >= 0.3 is 0 Å². The van der Waals surface area contributed by atoms with E-state index in [9.17, 15) is 0 Å². The molecule has 1 heterocycles. The van der Waals surface area contributed by atoms with E-state index in [0.29, 0.717) is 5.92 Å². The van der Waals surface area contributed by atoms with Crippen LogP contribution in [0.4, 0.5) is 0 Å². The number of hydrogen-bond donors (Lipinski definition) is 1.